The lowest BCUT2D eigenvalue weighted by Gasteiger charge is -2.37. The predicted octanol–water partition coefficient (Wildman–Crippen LogP) is 7.28. The van der Waals surface area contributed by atoms with Crippen LogP contribution in [0.1, 0.15) is 64.8 Å². The van der Waals surface area contributed by atoms with Gasteiger partial charge >= 0.3 is 0 Å². The average molecular weight is 477 g/mol. The zero-order valence-electron chi connectivity index (χ0n) is 21.1. The Kier molecular flexibility index (Phi) is 8.65. The summed E-state index contributed by atoms with van der Waals surface area (Å²) in [5, 5.41) is 4.45. The number of hydrogen-bond donors (Lipinski definition) is 1. The molecule has 1 heterocycles. The van der Waals surface area contributed by atoms with Gasteiger partial charge in [0.25, 0.3) is 5.88 Å². The van der Waals surface area contributed by atoms with Gasteiger partial charge in [-0.1, -0.05) is 39.3 Å². The molecule has 0 aliphatic carbocycles. The second-order valence-corrected chi connectivity index (χ2v) is 12.1. The highest BCUT2D eigenvalue weighted by molar-refractivity contribution is 6.32. The van der Waals surface area contributed by atoms with Crippen molar-refractivity contribution in [1.29, 1.82) is 0 Å². The number of nitrogens with zero attached hydrogens (tertiary/aromatic N) is 1. The Morgan fingerprint density at radius 1 is 1.03 bits per heavy atom. The molecule has 0 amide bonds. The van der Waals surface area contributed by atoms with Crippen LogP contribution in [0.2, 0.25) is 10.1 Å². The Hall–Kier alpha value is -1.76. The molecular formula is C25H37ClN2O3Si. The third-order valence-electron chi connectivity index (χ3n) is 5.10. The van der Waals surface area contributed by atoms with E-state index in [1.165, 1.54) is 0 Å². The number of aromatic nitrogens is 1. The lowest BCUT2D eigenvalue weighted by molar-refractivity contribution is 0.0858. The van der Waals surface area contributed by atoms with Crippen molar-refractivity contribution in [2.75, 3.05) is 12.4 Å². The molecule has 2 aromatic rings. The maximum Gasteiger partial charge on any atom is 0.265 e. The van der Waals surface area contributed by atoms with Gasteiger partial charge in [0.1, 0.15) is 5.75 Å². The van der Waals surface area contributed by atoms with Gasteiger partial charge in [-0.2, -0.15) is 0 Å². The van der Waals surface area contributed by atoms with Crippen LogP contribution in [0.3, 0.4) is 0 Å². The predicted molar refractivity (Wildman–Crippen MR) is 135 cm³/mol. The molecule has 1 atom stereocenters. The van der Waals surface area contributed by atoms with E-state index in [0.29, 0.717) is 26.4 Å². The van der Waals surface area contributed by atoms with E-state index in [1.807, 2.05) is 39.0 Å². The third kappa shape index (κ3) is 6.87. The number of benzene rings is 1. The first-order chi connectivity index (χ1) is 14.8. The molecule has 176 valence electrons. The Balaban J connectivity index is 2.40. The minimum Gasteiger partial charge on any atom is -0.490 e. The van der Waals surface area contributed by atoms with Crippen LogP contribution >= 0.6 is 11.6 Å². The number of nitrogens with one attached hydrogen (secondary N) is 1. The van der Waals surface area contributed by atoms with Crippen molar-refractivity contribution in [3.8, 4) is 17.4 Å². The van der Waals surface area contributed by atoms with Crippen LogP contribution < -0.4 is 14.8 Å². The number of halogens is 1. The molecule has 5 nitrogen and oxygen atoms in total. The molecule has 0 aliphatic heterocycles. The summed E-state index contributed by atoms with van der Waals surface area (Å²) in [6.07, 6.45) is 0.887. The van der Waals surface area contributed by atoms with Crippen molar-refractivity contribution < 1.29 is 13.9 Å². The molecule has 0 saturated heterocycles. The maximum absolute atomic E-state index is 6.36. The quantitative estimate of drug-likeness (QED) is 0.385. The van der Waals surface area contributed by atoms with Crippen molar-refractivity contribution in [2.24, 2.45) is 0 Å². The molecule has 0 aliphatic rings. The molecule has 1 unspecified atom stereocenters. The van der Waals surface area contributed by atoms with E-state index in [-0.39, 0.29) is 16.7 Å². The number of methoxy groups -OCH3 is 1. The van der Waals surface area contributed by atoms with Crippen molar-refractivity contribution in [2.45, 2.75) is 85.4 Å². The molecule has 7 heteroatoms. The summed E-state index contributed by atoms with van der Waals surface area (Å²) >= 11 is 6.19. The highest BCUT2D eigenvalue weighted by Gasteiger charge is 2.32. The average Bonchev–Trinajstić information content (AvgIpc) is 2.66. The van der Waals surface area contributed by atoms with E-state index in [9.17, 15) is 0 Å². The molecule has 1 aromatic carbocycles. The lowest BCUT2D eigenvalue weighted by Crippen LogP contribution is -2.45. The first-order valence-corrected chi connectivity index (χ1v) is 12.3. The first kappa shape index (κ1) is 26.5. The van der Waals surface area contributed by atoms with Crippen LogP contribution in [0.15, 0.2) is 18.2 Å². The molecule has 0 spiro atoms. The summed E-state index contributed by atoms with van der Waals surface area (Å²) < 4.78 is 18.4. The Labute approximate surface area is 201 Å². The van der Waals surface area contributed by atoms with E-state index in [4.69, 9.17) is 25.5 Å². The van der Waals surface area contributed by atoms with Gasteiger partial charge in [-0.25, -0.2) is 4.98 Å². The largest absolute Gasteiger partial charge is 0.490 e. The third-order valence-corrected chi connectivity index (χ3v) is 6.55. The minimum atomic E-state index is -0.368. The van der Waals surface area contributed by atoms with Gasteiger partial charge in [0.15, 0.2) is 0 Å². The summed E-state index contributed by atoms with van der Waals surface area (Å²) in [7, 11) is 2.03. The van der Waals surface area contributed by atoms with E-state index in [0.717, 1.165) is 34.7 Å². The second-order valence-electron chi connectivity index (χ2n) is 9.78. The van der Waals surface area contributed by atoms with Gasteiger partial charge in [0, 0.05) is 10.7 Å². The number of aryl methyl sites for hydroxylation is 3. The summed E-state index contributed by atoms with van der Waals surface area (Å²) in [6.45, 7) is 18.9. The van der Waals surface area contributed by atoms with Gasteiger partial charge in [-0.3, -0.25) is 0 Å². The van der Waals surface area contributed by atoms with E-state index >= 15 is 0 Å². The number of pyridine rings is 1. The molecule has 0 bridgehead atoms. The summed E-state index contributed by atoms with van der Waals surface area (Å²) in [5.41, 5.74) is 3.19. The molecule has 2 rings (SSSR count). The summed E-state index contributed by atoms with van der Waals surface area (Å²) in [6, 6.07) is 5.82. The molecule has 32 heavy (non-hydrogen) atoms. The minimum absolute atomic E-state index is 0.0694. The fourth-order valence-corrected chi connectivity index (χ4v) is 4.51. The monoisotopic (exact) mass is 476 g/mol. The number of ether oxygens (including phenoxy) is 2. The topological polar surface area (TPSA) is 52.6 Å². The zero-order chi connectivity index (χ0) is 24.3. The molecule has 0 saturated carbocycles. The Morgan fingerprint density at radius 2 is 1.62 bits per heavy atom. The van der Waals surface area contributed by atoms with Crippen molar-refractivity contribution in [3.05, 3.63) is 40.0 Å². The molecular weight excluding hydrogens is 440 g/mol. The van der Waals surface area contributed by atoms with Crippen molar-refractivity contribution >= 4 is 27.1 Å². The van der Waals surface area contributed by atoms with Gasteiger partial charge in [0.05, 0.1) is 24.4 Å². The van der Waals surface area contributed by atoms with E-state index < -0.39 is 0 Å². The number of rotatable bonds is 9. The maximum atomic E-state index is 6.36. The van der Waals surface area contributed by atoms with Crippen LogP contribution in [-0.2, 0) is 4.43 Å². The van der Waals surface area contributed by atoms with E-state index in [2.05, 4.69) is 51.8 Å². The fraction of sp³-hybridized carbons (Fsp3) is 0.560. The lowest BCUT2D eigenvalue weighted by atomic mass is 9.96. The van der Waals surface area contributed by atoms with Gasteiger partial charge in [-0.15, -0.1) is 0 Å². The number of hydrogen-bond acceptors (Lipinski definition) is 5. The summed E-state index contributed by atoms with van der Waals surface area (Å²) in [4.78, 5) is 4.62. The molecule has 0 fully saturated rings. The smallest absolute Gasteiger partial charge is 0.265 e. The molecule has 2 radical (unpaired) electrons. The van der Waals surface area contributed by atoms with Gasteiger partial charge in [-0.05, 0) is 75.4 Å². The molecule has 1 N–H and O–H groups in total. The van der Waals surface area contributed by atoms with E-state index in [1.54, 1.807) is 7.11 Å². The van der Waals surface area contributed by atoms with Crippen LogP contribution in [0.25, 0.3) is 0 Å². The normalized spacial score (nSPS) is 13.1. The van der Waals surface area contributed by atoms with Crippen molar-refractivity contribution in [3.63, 3.8) is 0 Å². The Morgan fingerprint density at radius 3 is 2.12 bits per heavy atom. The van der Waals surface area contributed by atoms with Gasteiger partial charge < -0.3 is 19.2 Å². The zero-order valence-corrected chi connectivity index (χ0v) is 22.8. The van der Waals surface area contributed by atoms with Crippen LogP contribution in [0, 0.1) is 20.8 Å². The van der Waals surface area contributed by atoms with Crippen LogP contribution in [0.5, 0.6) is 17.4 Å². The summed E-state index contributed by atoms with van der Waals surface area (Å²) in [5.74, 6) is 1.73. The standard InChI is InChI=1S/C25H37ClN2O3Si/c1-11-20(25(8,9)31-32-24(5,6)7)28-19-14-17(4)27-23(22(19)29-10)30-21-15(2)12-18(26)13-16(21)3/h12-14,20H,11H2,1-10H3,(H,27,28). The highest BCUT2D eigenvalue weighted by Crippen LogP contribution is 2.40. The fourth-order valence-electron chi connectivity index (χ4n) is 3.47. The van der Waals surface area contributed by atoms with Crippen LogP contribution in [0.4, 0.5) is 5.69 Å². The Bertz CT molecular complexity index is 919. The highest BCUT2D eigenvalue weighted by atomic mass is 35.5. The van der Waals surface area contributed by atoms with Crippen molar-refractivity contribution in [1.82, 2.24) is 4.98 Å². The number of anilines is 1. The second kappa shape index (κ2) is 10.4. The SMILES string of the molecule is CCC(Nc1cc(C)nc(Oc2c(C)cc(Cl)cc2C)c1OC)C(C)(C)O[Si]C(C)(C)C. The van der Waals surface area contributed by atoms with Gasteiger partial charge in [0.2, 0.25) is 15.5 Å². The molecule has 1 aromatic heterocycles. The first-order valence-electron chi connectivity index (χ1n) is 11.0. The van der Waals surface area contributed by atoms with Crippen LogP contribution in [-0.4, -0.2) is 33.5 Å².